The van der Waals surface area contributed by atoms with Crippen molar-refractivity contribution in [3.05, 3.63) is 94.3 Å². The summed E-state index contributed by atoms with van der Waals surface area (Å²) in [4.78, 5) is 22.8. The van der Waals surface area contributed by atoms with E-state index >= 15 is 0 Å². The van der Waals surface area contributed by atoms with Crippen molar-refractivity contribution in [3.63, 3.8) is 0 Å². The Morgan fingerprint density at radius 2 is 1.91 bits per heavy atom. The van der Waals surface area contributed by atoms with Crippen LogP contribution in [0.1, 0.15) is 104 Å². The summed E-state index contributed by atoms with van der Waals surface area (Å²) < 4.78 is 0. The highest BCUT2D eigenvalue weighted by molar-refractivity contribution is 6.08. The average Bonchev–Trinajstić information content (AvgIpc) is 3.12. The van der Waals surface area contributed by atoms with Crippen molar-refractivity contribution in [3.8, 4) is 0 Å². The van der Waals surface area contributed by atoms with E-state index in [1.807, 2.05) is 6.21 Å². The molecular formula is C38H50N4O. The van der Waals surface area contributed by atoms with Crippen molar-refractivity contribution in [1.29, 1.82) is 0 Å². The molecule has 0 spiro atoms. The Bertz CT molecular complexity index is 1470. The van der Waals surface area contributed by atoms with Gasteiger partial charge in [-0.1, -0.05) is 45.4 Å². The van der Waals surface area contributed by atoms with Crippen LogP contribution < -0.4 is 10.2 Å². The van der Waals surface area contributed by atoms with Crippen molar-refractivity contribution in [2.24, 2.45) is 10.9 Å². The molecule has 0 aromatic heterocycles. The van der Waals surface area contributed by atoms with Gasteiger partial charge in [0.05, 0.1) is 16.8 Å². The molecule has 2 heterocycles. The largest absolute Gasteiger partial charge is 0.358 e. The van der Waals surface area contributed by atoms with E-state index < -0.39 is 5.41 Å². The molecule has 5 heteroatoms. The molecule has 5 nitrogen and oxygen atoms in total. The summed E-state index contributed by atoms with van der Waals surface area (Å²) in [5, 5.41) is 3.61. The third kappa shape index (κ3) is 6.09. The average molecular weight is 579 g/mol. The minimum absolute atomic E-state index is 0.224. The molecule has 0 bridgehead atoms. The van der Waals surface area contributed by atoms with E-state index in [4.69, 9.17) is 4.99 Å². The van der Waals surface area contributed by atoms with Crippen molar-refractivity contribution in [2.45, 2.75) is 104 Å². The first kappa shape index (κ1) is 30.8. The maximum absolute atomic E-state index is 13.6. The lowest BCUT2D eigenvalue weighted by molar-refractivity contribution is -0.123. The fourth-order valence-electron chi connectivity index (χ4n) is 6.74. The monoisotopic (exact) mass is 578 g/mol. The lowest BCUT2D eigenvalue weighted by Gasteiger charge is -2.42. The second-order valence-electron chi connectivity index (χ2n) is 13.3. The summed E-state index contributed by atoms with van der Waals surface area (Å²) in [6, 6.07) is 6.74. The van der Waals surface area contributed by atoms with Crippen LogP contribution in [-0.4, -0.2) is 30.1 Å². The molecular weight excluding hydrogens is 528 g/mol. The molecule has 2 saturated carbocycles. The zero-order valence-corrected chi connectivity index (χ0v) is 27.4. The normalized spacial score (nSPS) is 23.7. The van der Waals surface area contributed by atoms with E-state index in [0.717, 1.165) is 70.2 Å². The smallest absolute Gasteiger partial charge is 0.237 e. The number of hydrogen-bond acceptors (Lipinski definition) is 4. The van der Waals surface area contributed by atoms with E-state index in [1.54, 1.807) is 5.57 Å². The van der Waals surface area contributed by atoms with Gasteiger partial charge in [-0.25, -0.2) is 0 Å². The Labute approximate surface area is 259 Å². The standard InChI is InChI=1S/C38H50N4O/c1-9-12-28-21-32(22-28)42-36-23-30(15-17-33(36)38(6,7)37(42)43)25(3)20-34(39-19-10-2)26(4)27(5)40-31-16-18-35(41(8)24-31)29-13-11-14-29/h15-20,23-24,28,32,40H,3,9-14,21-22H2,1-2,4-8H3/b27-26+,34-20+,39-19?. The van der Waals surface area contributed by atoms with Gasteiger partial charge >= 0.3 is 0 Å². The predicted octanol–water partition coefficient (Wildman–Crippen LogP) is 8.93. The van der Waals surface area contributed by atoms with Gasteiger partial charge in [0.25, 0.3) is 0 Å². The molecule has 1 amide bonds. The SMILES string of the molecule is C=C(/C=C(N=CCC)\C(C)=C(/C)NC1=CN(C)C(=C2CCC2)C=C1)c1ccc2c(c1)N(C1CC(CCC)C1)C(=O)C2(C)C. The quantitative estimate of drug-likeness (QED) is 0.223. The Kier molecular flexibility index (Phi) is 9.01. The Balaban J connectivity index is 1.39. The zero-order chi connectivity index (χ0) is 30.9. The molecule has 0 unspecified atom stereocenters. The van der Waals surface area contributed by atoms with Crippen molar-refractivity contribution >= 4 is 23.4 Å². The number of allylic oxidation sites excluding steroid dienone is 7. The Morgan fingerprint density at radius 3 is 2.53 bits per heavy atom. The van der Waals surface area contributed by atoms with Gasteiger partial charge in [-0.2, -0.15) is 0 Å². The third-order valence-electron chi connectivity index (χ3n) is 9.78. The molecule has 1 aromatic carbocycles. The summed E-state index contributed by atoms with van der Waals surface area (Å²) in [5.74, 6) is 0.964. The summed E-state index contributed by atoms with van der Waals surface area (Å²) in [6.45, 7) is 17.2. The van der Waals surface area contributed by atoms with Gasteiger partial charge < -0.3 is 15.1 Å². The highest BCUT2D eigenvalue weighted by atomic mass is 16.2. The maximum Gasteiger partial charge on any atom is 0.237 e. The predicted molar refractivity (Wildman–Crippen MR) is 182 cm³/mol. The molecule has 1 aromatic rings. The molecule has 1 N–H and O–H groups in total. The van der Waals surface area contributed by atoms with Crippen molar-refractivity contribution in [2.75, 3.05) is 11.9 Å². The molecule has 5 rings (SSSR count). The number of fused-ring (bicyclic) bond motifs is 1. The van der Waals surface area contributed by atoms with Gasteiger partial charge in [0.15, 0.2) is 0 Å². The number of carbonyl (C=O) groups excluding carboxylic acids is 1. The van der Waals surface area contributed by atoms with E-state index in [-0.39, 0.29) is 5.91 Å². The third-order valence-corrected chi connectivity index (χ3v) is 9.78. The number of aliphatic imine (C=N–C) groups is 1. The van der Waals surface area contributed by atoms with Gasteiger partial charge in [0.2, 0.25) is 5.91 Å². The number of nitrogens with zero attached hydrogens (tertiary/aromatic N) is 3. The van der Waals surface area contributed by atoms with Crippen LogP contribution in [0.15, 0.2) is 88.1 Å². The van der Waals surface area contributed by atoms with E-state index in [2.05, 4.69) is 113 Å². The van der Waals surface area contributed by atoms with Crippen LogP contribution in [0, 0.1) is 5.92 Å². The minimum atomic E-state index is -0.509. The van der Waals surface area contributed by atoms with E-state index in [1.165, 1.54) is 37.8 Å². The highest BCUT2D eigenvalue weighted by Crippen LogP contribution is 2.48. The fourth-order valence-corrected chi connectivity index (χ4v) is 6.74. The van der Waals surface area contributed by atoms with Gasteiger partial charge in [-0.05, 0) is 124 Å². The van der Waals surface area contributed by atoms with E-state index in [9.17, 15) is 4.79 Å². The van der Waals surface area contributed by atoms with E-state index in [0.29, 0.717) is 6.04 Å². The summed E-state index contributed by atoms with van der Waals surface area (Å²) in [5.41, 5.74) is 10.5. The first-order chi connectivity index (χ1) is 20.5. The van der Waals surface area contributed by atoms with Crippen LogP contribution in [0.4, 0.5) is 5.69 Å². The molecule has 2 aliphatic heterocycles. The lowest BCUT2D eigenvalue weighted by atomic mass is 9.76. The number of benzene rings is 1. The van der Waals surface area contributed by atoms with Gasteiger partial charge in [0.1, 0.15) is 0 Å². The van der Waals surface area contributed by atoms with Gasteiger partial charge in [-0.15, -0.1) is 0 Å². The van der Waals surface area contributed by atoms with Gasteiger partial charge in [0, 0.05) is 42.6 Å². The van der Waals surface area contributed by atoms with Crippen molar-refractivity contribution < 1.29 is 4.79 Å². The molecule has 4 aliphatic rings. The van der Waals surface area contributed by atoms with Crippen LogP contribution in [0.25, 0.3) is 5.57 Å². The molecule has 2 fully saturated rings. The first-order valence-electron chi connectivity index (χ1n) is 16.3. The van der Waals surface area contributed by atoms with Crippen LogP contribution in [0.2, 0.25) is 0 Å². The molecule has 0 atom stereocenters. The van der Waals surface area contributed by atoms with Crippen LogP contribution >= 0.6 is 0 Å². The molecule has 228 valence electrons. The second kappa shape index (κ2) is 12.6. The topological polar surface area (TPSA) is 47.9 Å². The zero-order valence-electron chi connectivity index (χ0n) is 27.4. The summed E-state index contributed by atoms with van der Waals surface area (Å²) in [6.07, 6.45) is 19.8. The van der Waals surface area contributed by atoms with Crippen molar-refractivity contribution in [1.82, 2.24) is 10.2 Å². The number of amides is 1. The second-order valence-corrected chi connectivity index (χ2v) is 13.3. The van der Waals surface area contributed by atoms with Crippen LogP contribution in [0.3, 0.4) is 0 Å². The molecule has 2 aliphatic carbocycles. The van der Waals surface area contributed by atoms with Crippen LogP contribution in [-0.2, 0) is 10.2 Å². The molecule has 0 saturated heterocycles. The van der Waals surface area contributed by atoms with Crippen LogP contribution in [0.5, 0.6) is 0 Å². The number of hydrogen-bond donors (Lipinski definition) is 1. The first-order valence-corrected chi connectivity index (χ1v) is 16.3. The number of nitrogens with one attached hydrogen (secondary N) is 1. The Hall–Kier alpha value is -3.60. The molecule has 0 radical (unpaired) electrons. The minimum Gasteiger partial charge on any atom is -0.358 e. The highest BCUT2D eigenvalue weighted by Gasteiger charge is 2.49. The number of carbonyl (C=O) groups is 1. The fraction of sp³-hybridized carbons (Fsp3) is 0.474. The number of rotatable bonds is 10. The lowest BCUT2D eigenvalue weighted by Crippen LogP contribution is -2.49. The van der Waals surface area contributed by atoms with Gasteiger partial charge in [-0.3, -0.25) is 9.79 Å². The molecule has 43 heavy (non-hydrogen) atoms. The number of likely N-dealkylation sites (N-methyl/N-ethyl adjacent to an activating group) is 1. The maximum atomic E-state index is 13.6. The summed E-state index contributed by atoms with van der Waals surface area (Å²) >= 11 is 0. The summed E-state index contributed by atoms with van der Waals surface area (Å²) in [7, 11) is 2.12. The number of anilines is 1. The Morgan fingerprint density at radius 1 is 1.16 bits per heavy atom.